The Kier molecular flexibility index (Phi) is 42.0. The molecular weight excluding hydrogens is 685 g/mol. The Morgan fingerprint density at radius 1 is 0.382 bits per heavy atom. The lowest BCUT2D eigenvalue weighted by Crippen LogP contribution is -2.30. The van der Waals surface area contributed by atoms with E-state index in [9.17, 15) is 14.4 Å². The van der Waals surface area contributed by atoms with Crippen molar-refractivity contribution < 1.29 is 28.6 Å². The van der Waals surface area contributed by atoms with Crippen molar-refractivity contribution in [3.8, 4) is 0 Å². The standard InChI is InChI=1S/C49H86O6/c1-4-7-10-13-16-19-22-23-24-25-28-31-34-37-40-43-49(52)55-46(44-53-47(50)41-38-35-32-29-26-20-17-14-11-8-5-2)45-54-48(51)42-39-36-33-30-27-21-18-15-12-9-6-3/h7,10,16,19,23-24,28,31,46H,4-6,8-9,11-15,17-18,20-22,25-27,29-30,32-45H2,1-3H3/b10-7-,19-16-,24-23-,31-28-. The summed E-state index contributed by atoms with van der Waals surface area (Å²) in [6, 6.07) is 0. The average molecular weight is 771 g/mol. The number of esters is 3. The van der Waals surface area contributed by atoms with E-state index < -0.39 is 6.10 Å². The first-order chi connectivity index (χ1) is 27.0. The molecule has 0 aliphatic carbocycles. The van der Waals surface area contributed by atoms with Gasteiger partial charge in [-0.25, -0.2) is 0 Å². The fourth-order valence-electron chi connectivity index (χ4n) is 6.37. The molecule has 0 aromatic heterocycles. The summed E-state index contributed by atoms with van der Waals surface area (Å²) < 4.78 is 16.7. The number of rotatable bonds is 41. The highest BCUT2D eigenvalue weighted by Crippen LogP contribution is 2.14. The van der Waals surface area contributed by atoms with Crippen LogP contribution in [-0.4, -0.2) is 37.2 Å². The van der Waals surface area contributed by atoms with E-state index in [1.807, 2.05) is 0 Å². The molecule has 6 heteroatoms. The molecule has 55 heavy (non-hydrogen) atoms. The molecule has 0 aliphatic heterocycles. The van der Waals surface area contributed by atoms with E-state index >= 15 is 0 Å². The molecule has 318 valence electrons. The van der Waals surface area contributed by atoms with Crippen molar-refractivity contribution in [1.29, 1.82) is 0 Å². The normalized spacial score (nSPS) is 11.9. The van der Waals surface area contributed by atoms with Crippen LogP contribution < -0.4 is 0 Å². The minimum atomic E-state index is -0.788. The molecule has 0 aromatic rings. The summed E-state index contributed by atoms with van der Waals surface area (Å²) in [5.74, 6) is -0.928. The van der Waals surface area contributed by atoms with Crippen molar-refractivity contribution in [1.82, 2.24) is 0 Å². The first kappa shape index (κ1) is 52.4. The van der Waals surface area contributed by atoms with Gasteiger partial charge in [-0.05, 0) is 57.8 Å². The number of carbonyl (C=O) groups is 3. The van der Waals surface area contributed by atoms with Gasteiger partial charge in [-0.15, -0.1) is 0 Å². The van der Waals surface area contributed by atoms with Crippen LogP contribution in [0, 0.1) is 0 Å². The lowest BCUT2D eigenvalue weighted by molar-refractivity contribution is -0.167. The number of ether oxygens (including phenoxy) is 3. The highest BCUT2D eigenvalue weighted by Gasteiger charge is 2.19. The van der Waals surface area contributed by atoms with Gasteiger partial charge in [0.1, 0.15) is 13.2 Å². The van der Waals surface area contributed by atoms with E-state index in [0.717, 1.165) is 77.0 Å². The molecule has 0 aromatic carbocycles. The summed E-state index contributed by atoms with van der Waals surface area (Å²) in [4.78, 5) is 37.7. The fraction of sp³-hybridized carbons (Fsp3) is 0.776. The van der Waals surface area contributed by atoms with Crippen LogP contribution in [-0.2, 0) is 28.6 Å². The second-order valence-corrected chi connectivity index (χ2v) is 15.3. The fourth-order valence-corrected chi connectivity index (χ4v) is 6.37. The van der Waals surface area contributed by atoms with Crippen LogP contribution in [0.1, 0.15) is 226 Å². The van der Waals surface area contributed by atoms with E-state index in [-0.39, 0.29) is 37.5 Å². The highest BCUT2D eigenvalue weighted by atomic mass is 16.6. The second-order valence-electron chi connectivity index (χ2n) is 15.3. The van der Waals surface area contributed by atoms with Gasteiger partial charge in [0, 0.05) is 19.3 Å². The SMILES string of the molecule is CC/C=C\C/C=C\C/C=C\C/C=C\CCCCC(=O)OC(COC(=O)CCCCCCCCCCCCC)COC(=O)CCCCCCCCCCCCC. The first-order valence-corrected chi connectivity index (χ1v) is 23.1. The predicted octanol–water partition coefficient (Wildman–Crippen LogP) is 14.8. The third-order valence-electron chi connectivity index (χ3n) is 9.85. The van der Waals surface area contributed by atoms with Gasteiger partial charge < -0.3 is 14.2 Å². The van der Waals surface area contributed by atoms with Gasteiger partial charge in [0.25, 0.3) is 0 Å². The molecular formula is C49H86O6. The summed E-state index contributed by atoms with van der Waals surface area (Å²) in [5, 5.41) is 0. The molecule has 0 bridgehead atoms. The maximum Gasteiger partial charge on any atom is 0.306 e. The van der Waals surface area contributed by atoms with Gasteiger partial charge in [0.05, 0.1) is 0 Å². The highest BCUT2D eigenvalue weighted by molar-refractivity contribution is 5.71. The van der Waals surface area contributed by atoms with E-state index in [2.05, 4.69) is 69.4 Å². The van der Waals surface area contributed by atoms with Crippen molar-refractivity contribution in [3.05, 3.63) is 48.6 Å². The van der Waals surface area contributed by atoms with Gasteiger partial charge in [0.15, 0.2) is 6.10 Å². The van der Waals surface area contributed by atoms with Crippen LogP contribution in [0.25, 0.3) is 0 Å². The molecule has 0 radical (unpaired) electrons. The molecule has 0 atom stereocenters. The number of unbranched alkanes of at least 4 members (excludes halogenated alkanes) is 22. The Balaban J connectivity index is 4.44. The van der Waals surface area contributed by atoms with Crippen molar-refractivity contribution in [2.24, 2.45) is 0 Å². The molecule has 0 amide bonds. The summed E-state index contributed by atoms with van der Waals surface area (Å²) in [6.07, 6.45) is 50.9. The molecule has 0 unspecified atom stereocenters. The number of carbonyl (C=O) groups excluding carboxylic acids is 3. The topological polar surface area (TPSA) is 78.9 Å². The van der Waals surface area contributed by atoms with Gasteiger partial charge in [-0.1, -0.05) is 198 Å². The summed E-state index contributed by atoms with van der Waals surface area (Å²) in [6.45, 7) is 6.47. The molecule has 0 N–H and O–H groups in total. The zero-order chi connectivity index (χ0) is 40.1. The van der Waals surface area contributed by atoms with Crippen LogP contribution in [0.15, 0.2) is 48.6 Å². The number of hydrogen-bond acceptors (Lipinski definition) is 6. The maximum atomic E-state index is 12.7. The summed E-state index contributed by atoms with van der Waals surface area (Å²) >= 11 is 0. The van der Waals surface area contributed by atoms with E-state index in [4.69, 9.17) is 14.2 Å². The van der Waals surface area contributed by atoms with Crippen LogP contribution >= 0.6 is 0 Å². The first-order valence-electron chi connectivity index (χ1n) is 23.1. The van der Waals surface area contributed by atoms with Crippen molar-refractivity contribution in [3.63, 3.8) is 0 Å². The molecule has 0 saturated carbocycles. The van der Waals surface area contributed by atoms with E-state index in [0.29, 0.717) is 19.3 Å². The number of allylic oxidation sites excluding steroid dienone is 8. The monoisotopic (exact) mass is 771 g/mol. The van der Waals surface area contributed by atoms with Crippen molar-refractivity contribution >= 4 is 17.9 Å². The third-order valence-corrected chi connectivity index (χ3v) is 9.85. The lowest BCUT2D eigenvalue weighted by atomic mass is 10.1. The molecule has 0 heterocycles. The summed E-state index contributed by atoms with van der Waals surface area (Å²) in [5.41, 5.74) is 0. The maximum absolute atomic E-state index is 12.7. The van der Waals surface area contributed by atoms with Gasteiger partial charge in [0.2, 0.25) is 0 Å². The third kappa shape index (κ3) is 42.4. The van der Waals surface area contributed by atoms with Crippen molar-refractivity contribution in [2.75, 3.05) is 13.2 Å². The van der Waals surface area contributed by atoms with Gasteiger partial charge in [-0.3, -0.25) is 14.4 Å². The van der Waals surface area contributed by atoms with Crippen molar-refractivity contribution in [2.45, 2.75) is 232 Å². The minimum Gasteiger partial charge on any atom is -0.462 e. The predicted molar refractivity (Wildman–Crippen MR) is 233 cm³/mol. The average Bonchev–Trinajstić information content (AvgIpc) is 3.18. The smallest absolute Gasteiger partial charge is 0.306 e. The van der Waals surface area contributed by atoms with Crippen LogP contribution in [0.2, 0.25) is 0 Å². The zero-order valence-electron chi connectivity index (χ0n) is 36.2. The van der Waals surface area contributed by atoms with Gasteiger partial charge in [-0.2, -0.15) is 0 Å². The molecule has 0 spiro atoms. The molecule has 0 aliphatic rings. The largest absolute Gasteiger partial charge is 0.462 e. The Bertz CT molecular complexity index is 938. The van der Waals surface area contributed by atoms with Crippen LogP contribution in [0.3, 0.4) is 0 Å². The zero-order valence-corrected chi connectivity index (χ0v) is 36.2. The second kappa shape index (κ2) is 44.1. The molecule has 0 rings (SSSR count). The Morgan fingerprint density at radius 3 is 1.11 bits per heavy atom. The van der Waals surface area contributed by atoms with E-state index in [1.54, 1.807) is 0 Å². The summed E-state index contributed by atoms with van der Waals surface area (Å²) in [7, 11) is 0. The van der Waals surface area contributed by atoms with E-state index in [1.165, 1.54) is 103 Å². The molecule has 0 saturated heterocycles. The minimum absolute atomic E-state index is 0.0870. The van der Waals surface area contributed by atoms with Crippen LogP contribution in [0.4, 0.5) is 0 Å². The number of hydrogen-bond donors (Lipinski definition) is 0. The van der Waals surface area contributed by atoms with Crippen LogP contribution in [0.5, 0.6) is 0 Å². The lowest BCUT2D eigenvalue weighted by Gasteiger charge is -2.18. The Labute approximate surface area is 339 Å². The Morgan fingerprint density at radius 2 is 0.709 bits per heavy atom. The molecule has 0 fully saturated rings. The molecule has 6 nitrogen and oxygen atoms in total. The van der Waals surface area contributed by atoms with Gasteiger partial charge >= 0.3 is 17.9 Å². The Hall–Kier alpha value is -2.63. The quantitative estimate of drug-likeness (QED) is 0.0267.